The van der Waals surface area contributed by atoms with Crippen molar-refractivity contribution in [3.63, 3.8) is 0 Å². The molecule has 0 amide bonds. The van der Waals surface area contributed by atoms with Crippen LogP contribution in [0.1, 0.15) is 31.2 Å². The van der Waals surface area contributed by atoms with Gasteiger partial charge < -0.3 is 14.8 Å². The molecule has 17 heavy (non-hydrogen) atoms. The summed E-state index contributed by atoms with van der Waals surface area (Å²) in [5.74, 6) is 2.78. The molecule has 1 aromatic rings. The molecule has 0 spiro atoms. The van der Waals surface area contributed by atoms with E-state index in [9.17, 15) is 0 Å². The summed E-state index contributed by atoms with van der Waals surface area (Å²) in [5.41, 5.74) is 1.26. The van der Waals surface area contributed by atoms with Crippen LogP contribution in [0.2, 0.25) is 0 Å². The number of benzene rings is 1. The fourth-order valence-corrected chi connectivity index (χ4v) is 2.21. The minimum Gasteiger partial charge on any atom is -0.454 e. The first-order chi connectivity index (χ1) is 8.42. The molecule has 0 radical (unpaired) electrons. The van der Waals surface area contributed by atoms with E-state index < -0.39 is 0 Å². The van der Waals surface area contributed by atoms with Crippen LogP contribution in [-0.4, -0.2) is 13.3 Å². The Morgan fingerprint density at radius 2 is 2.06 bits per heavy atom. The van der Waals surface area contributed by atoms with Crippen molar-refractivity contribution in [1.82, 2.24) is 5.32 Å². The molecule has 0 atom stereocenters. The van der Waals surface area contributed by atoms with Crippen molar-refractivity contribution >= 4 is 0 Å². The molecular formula is C14H19NO2. The number of hydrogen-bond donors (Lipinski definition) is 1. The van der Waals surface area contributed by atoms with E-state index in [1.807, 2.05) is 6.07 Å². The molecule has 3 rings (SSSR count). The number of rotatable bonds is 6. The van der Waals surface area contributed by atoms with Crippen molar-refractivity contribution < 1.29 is 9.47 Å². The largest absolute Gasteiger partial charge is 0.454 e. The minimum atomic E-state index is 0.355. The third-order valence-corrected chi connectivity index (χ3v) is 3.43. The molecule has 1 saturated carbocycles. The van der Waals surface area contributed by atoms with Gasteiger partial charge in [0.15, 0.2) is 11.5 Å². The lowest BCUT2D eigenvalue weighted by Gasteiger charge is -2.05. The zero-order valence-electron chi connectivity index (χ0n) is 10.1. The molecule has 2 aliphatic rings. The van der Waals surface area contributed by atoms with Gasteiger partial charge in [-0.05, 0) is 43.0 Å². The van der Waals surface area contributed by atoms with Crippen LogP contribution in [0, 0.1) is 5.92 Å². The molecule has 1 aromatic carbocycles. The van der Waals surface area contributed by atoms with Crippen LogP contribution < -0.4 is 14.8 Å². The summed E-state index contributed by atoms with van der Waals surface area (Å²) < 4.78 is 10.6. The van der Waals surface area contributed by atoms with E-state index in [4.69, 9.17) is 9.47 Å². The van der Waals surface area contributed by atoms with Gasteiger partial charge in [0, 0.05) is 6.54 Å². The van der Waals surface area contributed by atoms with Crippen LogP contribution in [-0.2, 0) is 6.54 Å². The van der Waals surface area contributed by atoms with Gasteiger partial charge in [-0.2, -0.15) is 0 Å². The van der Waals surface area contributed by atoms with Crippen LogP contribution in [0.5, 0.6) is 11.5 Å². The van der Waals surface area contributed by atoms with E-state index >= 15 is 0 Å². The van der Waals surface area contributed by atoms with Gasteiger partial charge in [-0.25, -0.2) is 0 Å². The second-order valence-corrected chi connectivity index (χ2v) is 4.95. The number of ether oxygens (including phenoxy) is 2. The van der Waals surface area contributed by atoms with Crippen LogP contribution in [0.3, 0.4) is 0 Å². The highest BCUT2D eigenvalue weighted by Gasteiger charge is 2.19. The Morgan fingerprint density at radius 3 is 2.94 bits per heavy atom. The molecule has 1 N–H and O–H groups in total. The molecule has 92 valence electrons. The Morgan fingerprint density at radius 1 is 1.18 bits per heavy atom. The van der Waals surface area contributed by atoms with Crippen molar-refractivity contribution in [3.8, 4) is 11.5 Å². The van der Waals surface area contributed by atoms with Gasteiger partial charge in [0.05, 0.1) is 0 Å². The molecule has 0 unspecified atom stereocenters. The van der Waals surface area contributed by atoms with Crippen molar-refractivity contribution in [2.75, 3.05) is 13.3 Å². The first kappa shape index (κ1) is 10.9. The standard InChI is InChI=1S/C14H19NO2/c1(2-11-3-4-11)7-15-9-12-5-6-13-14(8-12)17-10-16-13/h5-6,8,11,15H,1-4,7,9-10H2. The average Bonchev–Trinajstić information content (AvgIpc) is 3.05. The van der Waals surface area contributed by atoms with E-state index in [2.05, 4.69) is 17.4 Å². The zero-order chi connectivity index (χ0) is 11.5. The quantitative estimate of drug-likeness (QED) is 0.766. The Kier molecular flexibility index (Phi) is 3.18. The van der Waals surface area contributed by atoms with E-state index in [1.165, 1.54) is 31.2 Å². The molecule has 1 aliphatic carbocycles. The summed E-state index contributed by atoms with van der Waals surface area (Å²) in [6, 6.07) is 6.15. The third kappa shape index (κ3) is 2.91. The second-order valence-electron chi connectivity index (χ2n) is 4.95. The van der Waals surface area contributed by atoms with Crippen molar-refractivity contribution in [2.45, 2.75) is 32.2 Å². The second kappa shape index (κ2) is 4.96. The number of nitrogens with one attached hydrogen (secondary N) is 1. The van der Waals surface area contributed by atoms with E-state index in [0.29, 0.717) is 6.79 Å². The van der Waals surface area contributed by atoms with Crippen molar-refractivity contribution in [2.24, 2.45) is 5.92 Å². The normalized spacial score (nSPS) is 17.4. The van der Waals surface area contributed by atoms with Crippen LogP contribution >= 0.6 is 0 Å². The minimum absolute atomic E-state index is 0.355. The highest BCUT2D eigenvalue weighted by atomic mass is 16.7. The maximum absolute atomic E-state index is 5.36. The van der Waals surface area contributed by atoms with Gasteiger partial charge in [0.25, 0.3) is 0 Å². The van der Waals surface area contributed by atoms with E-state index in [1.54, 1.807) is 0 Å². The van der Waals surface area contributed by atoms with Crippen LogP contribution in [0.15, 0.2) is 18.2 Å². The summed E-state index contributed by atoms with van der Waals surface area (Å²) >= 11 is 0. The number of fused-ring (bicyclic) bond motifs is 1. The smallest absolute Gasteiger partial charge is 0.231 e. The molecular weight excluding hydrogens is 214 g/mol. The van der Waals surface area contributed by atoms with Gasteiger partial charge in [-0.1, -0.05) is 18.9 Å². The summed E-state index contributed by atoms with van der Waals surface area (Å²) in [6.45, 7) is 2.39. The molecule has 0 saturated heterocycles. The van der Waals surface area contributed by atoms with Gasteiger partial charge in [0.1, 0.15) is 0 Å². The van der Waals surface area contributed by atoms with Crippen LogP contribution in [0.25, 0.3) is 0 Å². The molecule has 0 bridgehead atoms. The lowest BCUT2D eigenvalue weighted by Crippen LogP contribution is -2.14. The van der Waals surface area contributed by atoms with E-state index in [0.717, 1.165) is 30.5 Å². The lowest BCUT2D eigenvalue weighted by molar-refractivity contribution is 0.174. The summed E-state index contributed by atoms with van der Waals surface area (Å²) in [6.07, 6.45) is 5.62. The van der Waals surface area contributed by atoms with Crippen molar-refractivity contribution in [1.29, 1.82) is 0 Å². The van der Waals surface area contributed by atoms with Crippen LogP contribution in [0.4, 0.5) is 0 Å². The van der Waals surface area contributed by atoms with Gasteiger partial charge in [-0.3, -0.25) is 0 Å². The molecule has 0 aromatic heterocycles. The maximum Gasteiger partial charge on any atom is 0.231 e. The SMILES string of the molecule is c1cc2c(cc1CNCCCC1CC1)OCO2. The van der Waals surface area contributed by atoms with Crippen molar-refractivity contribution in [3.05, 3.63) is 23.8 Å². The fraction of sp³-hybridized carbons (Fsp3) is 0.571. The lowest BCUT2D eigenvalue weighted by atomic mass is 10.2. The maximum atomic E-state index is 5.36. The Balaban J connectivity index is 1.41. The summed E-state index contributed by atoms with van der Waals surface area (Å²) in [4.78, 5) is 0. The molecule has 1 heterocycles. The Hall–Kier alpha value is -1.22. The zero-order valence-corrected chi connectivity index (χ0v) is 10.1. The highest BCUT2D eigenvalue weighted by Crippen LogP contribution is 2.33. The monoisotopic (exact) mass is 233 g/mol. The molecule has 1 aliphatic heterocycles. The summed E-state index contributed by atoms with van der Waals surface area (Å²) in [5, 5.41) is 3.48. The van der Waals surface area contributed by atoms with Gasteiger partial charge in [0.2, 0.25) is 6.79 Å². The van der Waals surface area contributed by atoms with Gasteiger partial charge in [-0.15, -0.1) is 0 Å². The molecule has 3 heteroatoms. The predicted octanol–water partition coefficient (Wildman–Crippen LogP) is 2.70. The highest BCUT2D eigenvalue weighted by molar-refractivity contribution is 5.44. The first-order valence-corrected chi connectivity index (χ1v) is 6.51. The fourth-order valence-electron chi connectivity index (χ4n) is 2.21. The number of hydrogen-bond acceptors (Lipinski definition) is 3. The first-order valence-electron chi connectivity index (χ1n) is 6.51. The average molecular weight is 233 g/mol. The van der Waals surface area contributed by atoms with E-state index in [-0.39, 0.29) is 0 Å². The third-order valence-electron chi connectivity index (χ3n) is 3.43. The molecule has 3 nitrogen and oxygen atoms in total. The topological polar surface area (TPSA) is 30.5 Å². The Labute approximate surface area is 102 Å². The predicted molar refractivity (Wildman–Crippen MR) is 66.2 cm³/mol. The molecule has 1 fully saturated rings. The van der Waals surface area contributed by atoms with Gasteiger partial charge >= 0.3 is 0 Å². The Bertz CT molecular complexity index is 388. The summed E-state index contributed by atoms with van der Waals surface area (Å²) in [7, 11) is 0.